The maximum Gasteiger partial charge on any atom is 0.258 e. The lowest BCUT2D eigenvalue weighted by molar-refractivity contribution is -0.125. The van der Waals surface area contributed by atoms with E-state index in [0.29, 0.717) is 18.2 Å². The van der Waals surface area contributed by atoms with Gasteiger partial charge in [-0.3, -0.25) is 4.79 Å². The van der Waals surface area contributed by atoms with E-state index in [0.717, 1.165) is 17.2 Å². The average Bonchev–Trinajstić information content (AvgIpc) is 2.52. The SMILES string of the molecule is CC(C)CC(C)(CN)NC(=O)COc1ccc2ccccc2c1.Cl. The second-order valence-electron chi connectivity index (χ2n) is 6.71. The summed E-state index contributed by atoms with van der Waals surface area (Å²) in [5.41, 5.74) is 5.43. The van der Waals surface area contributed by atoms with Gasteiger partial charge in [-0.1, -0.05) is 44.2 Å². The van der Waals surface area contributed by atoms with Crippen LogP contribution in [0.2, 0.25) is 0 Å². The molecule has 0 saturated heterocycles. The molecular formula is C19H27ClN2O2. The molecule has 0 heterocycles. The normalized spacial score (nSPS) is 13.2. The molecule has 1 amide bonds. The second-order valence-corrected chi connectivity index (χ2v) is 6.71. The van der Waals surface area contributed by atoms with Crippen LogP contribution in [0.3, 0.4) is 0 Å². The van der Waals surface area contributed by atoms with Gasteiger partial charge in [-0.2, -0.15) is 0 Å². The van der Waals surface area contributed by atoms with E-state index in [9.17, 15) is 4.79 Å². The largest absolute Gasteiger partial charge is 0.484 e. The van der Waals surface area contributed by atoms with Crippen molar-refractivity contribution >= 4 is 29.1 Å². The minimum Gasteiger partial charge on any atom is -0.484 e. The van der Waals surface area contributed by atoms with Gasteiger partial charge in [0.15, 0.2) is 6.61 Å². The monoisotopic (exact) mass is 350 g/mol. The van der Waals surface area contributed by atoms with Crippen molar-refractivity contribution in [2.24, 2.45) is 11.7 Å². The smallest absolute Gasteiger partial charge is 0.258 e. The Morgan fingerprint density at radius 3 is 2.50 bits per heavy atom. The number of amides is 1. The summed E-state index contributed by atoms with van der Waals surface area (Å²) < 4.78 is 5.62. The highest BCUT2D eigenvalue weighted by atomic mass is 35.5. The molecule has 0 bridgehead atoms. The zero-order chi connectivity index (χ0) is 16.9. The molecule has 0 aromatic heterocycles. The molecule has 2 aromatic carbocycles. The quantitative estimate of drug-likeness (QED) is 0.803. The van der Waals surface area contributed by atoms with Crippen molar-refractivity contribution in [3.63, 3.8) is 0 Å². The Kier molecular flexibility index (Phi) is 7.52. The first-order chi connectivity index (χ1) is 10.9. The van der Waals surface area contributed by atoms with Gasteiger partial charge in [-0.25, -0.2) is 0 Å². The van der Waals surface area contributed by atoms with Crippen molar-refractivity contribution in [3.05, 3.63) is 42.5 Å². The van der Waals surface area contributed by atoms with Crippen LogP contribution in [0.1, 0.15) is 27.2 Å². The summed E-state index contributed by atoms with van der Waals surface area (Å²) in [7, 11) is 0. The van der Waals surface area contributed by atoms with Crippen molar-refractivity contribution in [2.75, 3.05) is 13.2 Å². The number of carbonyl (C=O) groups is 1. The predicted octanol–water partition coefficient (Wildman–Crippen LogP) is 3.52. The van der Waals surface area contributed by atoms with Gasteiger partial charge in [0.1, 0.15) is 5.75 Å². The molecule has 4 nitrogen and oxygen atoms in total. The lowest BCUT2D eigenvalue weighted by Crippen LogP contribution is -2.53. The van der Waals surface area contributed by atoms with Gasteiger partial charge < -0.3 is 15.8 Å². The van der Waals surface area contributed by atoms with E-state index in [4.69, 9.17) is 10.5 Å². The van der Waals surface area contributed by atoms with Crippen LogP contribution in [0, 0.1) is 5.92 Å². The summed E-state index contributed by atoms with van der Waals surface area (Å²) in [6.07, 6.45) is 0.839. The maximum absolute atomic E-state index is 12.1. The maximum atomic E-state index is 12.1. The first-order valence-corrected chi connectivity index (χ1v) is 8.04. The van der Waals surface area contributed by atoms with Crippen LogP contribution >= 0.6 is 12.4 Å². The Morgan fingerprint density at radius 1 is 1.21 bits per heavy atom. The van der Waals surface area contributed by atoms with Crippen molar-refractivity contribution in [2.45, 2.75) is 32.7 Å². The molecule has 0 spiro atoms. The summed E-state index contributed by atoms with van der Waals surface area (Å²) in [6, 6.07) is 13.9. The molecule has 0 saturated carbocycles. The molecule has 0 aliphatic heterocycles. The molecule has 0 radical (unpaired) electrons. The first-order valence-electron chi connectivity index (χ1n) is 8.04. The molecule has 5 heteroatoms. The van der Waals surface area contributed by atoms with Crippen LogP contribution in [0.4, 0.5) is 0 Å². The minimum atomic E-state index is -0.391. The molecule has 3 N–H and O–H groups in total. The third-order valence-electron chi connectivity index (χ3n) is 3.84. The number of ether oxygens (including phenoxy) is 1. The molecule has 0 aliphatic carbocycles. The minimum absolute atomic E-state index is 0. The number of fused-ring (bicyclic) bond motifs is 1. The summed E-state index contributed by atoms with van der Waals surface area (Å²) in [5, 5.41) is 5.24. The van der Waals surface area contributed by atoms with E-state index in [1.807, 2.05) is 49.4 Å². The van der Waals surface area contributed by atoms with Gasteiger partial charge in [0.25, 0.3) is 5.91 Å². The molecule has 0 aliphatic rings. The van der Waals surface area contributed by atoms with E-state index in [1.165, 1.54) is 0 Å². The fraction of sp³-hybridized carbons (Fsp3) is 0.421. The Balaban J connectivity index is 0.00000288. The Morgan fingerprint density at radius 2 is 1.88 bits per heavy atom. The van der Waals surface area contributed by atoms with Crippen LogP contribution in [0.25, 0.3) is 10.8 Å². The van der Waals surface area contributed by atoms with Crippen molar-refractivity contribution in [1.82, 2.24) is 5.32 Å². The van der Waals surface area contributed by atoms with Crippen LogP contribution in [-0.4, -0.2) is 24.6 Å². The van der Waals surface area contributed by atoms with Crippen LogP contribution in [0.5, 0.6) is 5.75 Å². The topological polar surface area (TPSA) is 64.3 Å². The van der Waals surface area contributed by atoms with E-state index < -0.39 is 5.54 Å². The second kappa shape index (κ2) is 8.90. The Labute approximate surface area is 150 Å². The molecule has 0 fully saturated rings. The van der Waals surface area contributed by atoms with Crippen molar-refractivity contribution < 1.29 is 9.53 Å². The average molecular weight is 351 g/mol. The third-order valence-corrected chi connectivity index (χ3v) is 3.84. The molecule has 24 heavy (non-hydrogen) atoms. The highest BCUT2D eigenvalue weighted by Gasteiger charge is 2.25. The molecule has 1 unspecified atom stereocenters. The standard InChI is InChI=1S/C19H26N2O2.ClH/c1-14(2)11-19(3,13-20)21-18(22)12-23-17-9-8-15-6-4-5-7-16(15)10-17;/h4-10,14H,11-13,20H2,1-3H3,(H,21,22);1H. The van der Waals surface area contributed by atoms with Crippen LogP contribution in [0.15, 0.2) is 42.5 Å². The Hall–Kier alpha value is -1.78. The van der Waals surface area contributed by atoms with Gasteiger partial charge >= 0.3 is 0 Å². The van der Waals surface area contributed by atoms with Crippen molar-refractivity contribution in [1.29, 1.82) is 0 Å². The van der Waals surface area contributed by atoms with Gasteiger partial charge in [-0.05, 0) is 42.2 Å². The zero-order valence-electron chi connectivity index (χ0n) is 14.5. The van der Waals surface area contributed by atoms with E-state index in [2.05, 4.69) is 19.2 Å². The number of benzene rings is 2. The summed E-state index contributed by atoms with van der Waals surface area (Å²) >= 11 is 0. The van der Waals surface area contributed by atoms with Gasteiger partial charge in [0, 0.05) is 12.1 Å². The number of halogens is 1. The van der Waals surface area contributed by atoms with E-state index in [-0.39, 0.29) is 24.9 Å². The van der Waals surface area contributed by atoms with Gasteiger partial charge in [-0.15, -0.1) is 12.4 Å². The molecule has 1 atom stereocenters. The Bertz CT molecular complexity index is 675. The molecule has 2 aromatic rings. The predicted molar refractivity (Wildman–Crippen MR) is 102 cm³/mol. The fourth-order valence-electron chi connectivity index (χ4n) is 2.87. The van der Waals surface area contributed by atoms with Gasteiger partial charge in [0.05, 0.1) is 0 Å². The number of carbonyl (C=O) groups excluding carboxylic acids is 1. The summed E-state index contributed by atoms with van der Waals surface area (Å²) in [4.78, 5) is 12.1. The van der Waals surface area contributed by atoms with E-state index in [1.54, 1.807) is 0 Å². The van der Waals surface area contributed by atoms with Crippen LogP contribution < -0.4 is 15.8 Å². The number of hydrogen-bond donors (Lipinski definition) is 2. The number of hydrogen-bond acceptors (Lipinski definition) is 3. The molecular weight excluding hydrogens is 324 g/mol. The van der Waals surface area contributed by atoms with Gasteiger partial charge in [0.2, 0.25) is 0 Å². The zero-order valence-corrected chi connectivity index (χ0v) is 15.4. The highest BCUT2D eigenvalue weighted by Crippen LogP contribution is 2.20. The summed E-state index contributed by atoms with van der Waals surface area (Å²) in [6.45, 7) is 6.61. The molecule has 132 valence electrons. The lowest BCUT2D eigenvalue weighted by atomic mass is 9.91. The van der Waals surface area contributed by atoms with E-state index >= 15 is 0 Å². The molecule has 2 rings (SSSR count). The fourth-order valence-corrected chi connectivity index (χ4v) is 2.87. The summed E-state index contributed by atoms with van der Waals surface area (Å²) in [5.74, 6) is 1.01. The number of nitrogens with one attached hydrogen (secondary N) is 1. The number of rotatable bonds is 7. The third kappa shape index (κ3) is 5.69. The van der Waals surface area contributed by atoms with Crippen molar-refractivity contribution in [3.8, 4) is 5.75 Å². The highest BCUT2D eigenvalue weighted by molar-refractivity contribution is 5.85. The first kappa shape index (κ1) is 20.3. The number of nitrogens with two attached hydrogens (primary N) is 1. The van der Waals surface area contributed by atoms with Crippen LogP contribution in [-0.2, 0) is 4.79 Å². The lowest BCUT2D eigenvalue weighted by Gasteiger charge is -2.31.